The Hall–Kier alpha value is -0.690. The fourth-order valence-corrected chi connectivity index (χ4v) is 4.22. The molecule has 0 aromatic heterocycles. The summed E-state index contributed by atoms with van der Waals surface area (Å²) in [7, 11) is 0. The van der Waals surface area contributed by atoms with Crippen molar-refractivity contribution in [1.82, 2.24) is 14.7 Å². The van der Waals surface area contributed by atoms with E-state index in [4.69, 9.17) is 9.47 Å². The zero-order chi connectivity index (χ0) is 20.4. The lowest BCUT2D eigenvalue weighted by Crippen LogP contribution is -2.49. The molecule has 2 rings (SSSR count). The highest BCUT2D eigenvalue weighted by molar-refractivity contribution is 5.77. The number of piperidine rings is 1. The summed E-state index contributed by atoms with van der Waals surface area (Å²) in [5.41, 5.74) is 0. The van der Waals surface area contributed by atoms with Gasteiger partial charge in [-0.1, -0.05) is 20.3 Å². The van der Waals surface area contributed by atoms with Gasteiger partial charge in [0.05, 0.1) is 19.8 Å². The van der Waals surface area contributed by atoms with Gasteiger partial charge in [-0.3, -0.25) is 14.6 Å². The van der Waals surface area contributed by atoms with Gasteiger partial charge in [-0.25, -0.2) is 0 Å². The van der Waals surface area contributed by atoms with Gasteiger partial charge in [0.25, 0.3) is 0 Å². The van der Waals surface area contributed by atoms with Crippen molar-refractivity contribution >= 4 is 5.91 Å². The molecule has 2 aliphatic heterocycles. The third kappa shape index (κ3) is 7.97. The number of amides is 1. The van der Waals surface area contributed by atoms with Crippen LogP contribution in [0.3, 0.4) is 0 Å². The molecule has 0 radical (unpaired) electrons. The van der Waals surface area contributed by atoms with E-state index in [0.29, 0.717) is 19.3 Å². The molecular formula is C22H43N3O3. The Labute approximate surface area is 172 Å². The van der Waals surface area contributed by atoms with E-state index >= 15 is 0 Å². The summed E-state index contributed by atoms with van der Waals surface area (Å²) in [6, 6.07) is 0.643. The number of rotatable bonds is 11. The second-order valence-electron chi connectivity index (χ2n) is 8.74. The molecule has 0 spiro atoms. The Morgan fingerprint density at radius 2 is 1.57 bits per heavy atom. The lowest BCUT2D eigenvalue weighted by atomic mass is 9.84. The van der Waals surface area contributed by atoms with Gasteiger partial charge >= 0.3 is 0 Å². The Morgan fingerprint density at radius 1 is 0.929 bits per heavy atom. The number of hydrogen-bond donors (Lipinski definition) is 0. The molecule has 28 heavy (non-hydrogen) atoms. The Bertz CT molecular complexity index is 431. The van der Waals surface area contributed by atoms with Crippen molar-refractivity contribution in [3.05, 3.63) is 0 Å². The molecule has 0 aromatic rings. The first-order valence-electron chi connectivity index (χ1n) is 11.4. The van der Waals surface area contributed by atoms with Crippen LogP contribution >= 0.6 is 0 Å². The topological polar surface area (TPSA) is 45.3 Å². The number of nitrogens with zero attached hydrogens (tertiary/aromatic N) is 3. The molecule has 2 fully saturated rings. The summed E-state index contributed by atoms with van der Waals surface area (Å²) in [6.45, 7) is 18.4. The number of carbonyl (C=O) groups is 1. The van der Waals surface area contributed by atoms with Gasteiger partial charge in [0.15, 0.2) is 0 Å². The summed E-state index contributed by atoms with van der Waals surface area (Å²) in [5.74, 6) is 1.67. The molecule has 2 aliphatic rings. The summed E-state index contributed by atoms with van der Waals surface area (Å²) in [6.07, 6.45) is 3.50. The van der Waals surface area contributed by atoms with Gasteiger partial charge in [0, 0.05) is 51.9 Å². The first-order valence-corrected chi connectivity index (χ1v) is 11.4. The number of piperazine rings is 1. The zero-order valence-electron chi connectivity index (χ0n) is 18.7. The highest BCUT2D eigenvalue weighted by Gasteiger charge is 2.25. The lowest BCUT2D eigenvalue weighted by molar-refractivity contribution is -0.138. The standard InChI is InChI=1S/C22H43N3O3/c1-5-20(4)21-6-8-25(9-7-21)22(26)18-28-17-16-27-15-14-23-10-12-24(13-11-23)19(2)3/h19-21H,5-18H2,1-4H3. The number of carbonyl (C=O) groups excluding carboxylic acids is 1. The first-order chi connectivity index (χ1) is 13.5. The monoisotopic (exact) mass is 397 g/mol. The van der Waals surface area contributed by atoms with Crippen LogP contribution < -0.4 is 0 Å². The fraction of sp³-hybridized carbons (Fsp3) is 0.955. The van der Waals surface area contributed by atoms with Crippen LogP contribution in [0, 0.1) is 11.8 Å². The maximum atomic E-state index is 12.3. The largest absolute Gasteiger partial charge is 0.378 e. The Morgan fingerprint density at radius 3 is 2.18 bits per heavy atom. The second kappa shape index (κ2) is 12.8. The molecule has 0 saturated carbocycles. The fourth-order valence-electron chi connectivity index (χ4n) is 4.22. The number of ether oxygens (including phenoxy) is 2. The van der Waals surface area contributed by atoms with Gasteiger partial charge < -0.3 is 14.4 Å². The van der Waals surface area contributed by atoms with Gasteiger partial charge in [0.1, 0.15) is 6.61 Å². The maximum Gasteiger partial charge on any atom is 0.248 e. The first kappa shape index (κ1) is 23.6. The van der Waals surface area contributed by atoms with Gasteiger partial charge in [-0.2, -0.15) is 0 Å². The van der Waals surface area contributed by atoms with Crippen LogP contribution in [0.25, 0.3) is 0 Å². The molecular weight excluding hydrogens is 354 g/mol. The molecule has 0 aromatic carbocycles. The normalized spacial score (nSPS) is 21.4. The molecule has 6 nitrogen and oxygen atoms in total. The van der Waals surface area contributed by atoms with E-state index in [0.717, 1.165) is 77.1 Å². The summed E-state index contributed by atoms with van der Waals surface area (Å²) < 4.78 is 11.2. The van der Waals surface area contributed by atoms with Crippen LogP contribution in [0.1, 0.15) is 47.0 Å². The minimum absolute atomic E-state index is 0.130. The molecule has 1 atom stereocenters. The Balaban J connectivity index is 1.44. The zero-order valence-corrected chi connectivity index (χ0v) is 18.7. The van der Waals surface area contributed by atoms with Crippen molar-refractivity contribution in [3.63, 3.8) is 0 Å². The predicted molar refractivity (Wildman–Crippen MR) is 114 cm³/mol. The molecule has 6 heteroatoms. The van der Waals surface area contributed by atoms with Crippen LogP contribution in [0.5, 0.6) is 0 Å². The molecule has 164 valence electrons. The van der Waals surface area contributed by atoms with Crippen molar-refractivity contribution in [2.75, 3.05) is 72.2 Å². The highest BCUT2D eigenvalue weighted by Crippen LogP contribution is 2.26. The summed E-state index contributed by atoms with van der Waals surface area (Å²) in [5, 5.41) is 0. The van der Waals surface area contributed by atoms with Crippen molar-refractivity contribution in [1.29, 1.82) is 0 Å². The average molecular weight is 398 g/mol. The molecule has 0 N–H and O–H groups in total. The molecule has 2 saturated heterocycles. The predicted octanol–water partition coefficient (Wildman–Crippen LogP) is 2.33. The molecule has 1 unspecified atom stereocenters. The van der Waals surface area contributed by atoms with Gasteiger partial charge in [-0.05, 0) is 38.5 Å². The van der Waals surface area contributed by atoms with E-state index in [2.05, 4.69) is 37.5 Å². The average Bonchev–Trinajstić information content (AvgIpc) is 2.72. The van der Waals surface area contributed by atoms with Crippen LogP contribution in [0.15, 0.2) is 0 Å². The molecule has 1 amide bonds. The van der Waals surface area contributed by atoms with E-state index in [1.165, 1.54) is 6.42 Å². The minimum atomic E-state index is 0.130. The Kier molecular flexibility index (Phi) is 10.8. The van der Waals surface area contributed by atoms with E-state index in [1.54, 1.807) is 0 Å². The number of hydrogen-bond acceptors (Lipinski definition) is 5. The van der Waals surface area contributed by atoms with Crippen molar-refractivity contribution in [2.24, 2.45) is 11.8 Å². The third-order valence-corrected chi connectivity index (χ3v) is 6.63. The second-order valence-corrected chi connectivity index (χ2v) is 8.74. The van der Waals surface area contributed by atoms with Crippen molar-refractivity contribution < 1.29 is 14.3 Å². The molecule has 2 heterocycles. The third-order valence-electron chi connectivity index (χ3n) is 6.63. The van der Waals surface area contributed by atoms with E-state index in [1.807, 2.05) is 4.90 Å². The smallest absolute Gasteiger partial charge is 0.248 e. The molecule has 0 bridgehead atoms. The summed E-state index contributed by atoms with van der Waals surface area (Å²) >= 11 is 0. The minimum Gasteiger partial charge on any atom is -0.378 e. The van der Waals surface area contributed by atoms with E-state index < -0.39 is 0 Å². The maximum absolute atomic E-state index is 12.3. The highest BCUT2D eigenvalue weighted by atomic mass is 16.5. The van der Waals surface area contributed by atoms with Crippen molar-refractivity contribution in [2.45, 2.75) is 53.0 Å². The van der Waals surface area contributed by atoms with Gasteiger partial charge in [-0.15, -0.1) is 0 Å². The van der Waals surface area contributed by atoms with Crippen molar-refractivity contribution in [3.8, 4) is 0 Å². The SMILES string of the molecule is CCC(C)C1CCN(C(=O)COCCOCCN2CCN(C(C)C)CC2)CC1. The van der Waals surface area contributed by atoms with Crippen LogP contribution in [0.2, 0.25) is 0 Å². The number of likely N-dealkylation sites (tertiary alicyclic amines) is 1. The quantitative estimate of drug-likeness (QED) is 0.501. The van der Waals surface area contributed by atoms with Crippen LogP contribution in [-0.4, -0.2) is 98.9 Å². The molecule has 0 aliphatic carbocycles. The summed E-state index contributed by atoms with van der Waals surface area (Å²) in [4.78, 5) is 19.2. The van der Waals surface area contributed by atoms with Crippen LogP contribution in [0.4, 0.5) is 0 Å². The van der Waals surface area contributed by atoms with E-state index in [-0.39, 0.29) is 12.5 Å². The lowest BCUT2D eigenvalue weighted by Gasteiger charge is -2.36. The van der Waals surface area contributed by atoms with Gasteiger partial charge in [0.2, 0.25) is 5.91 Å². The van der Waals surface area contributed by atoms with Crippen LogP contribution in [-0.2, 0) is 14.3 Å². The van der Waals surface area contributed by atoms with E-state index in [9.17, 15) is 4.79 Å².